The van der Waals surface area contributed by atoms with Crippen molar-refractivity contribution >= 4 is 23.6 Å². The summed E-state index contributed by atoms with van der Waals surface area (Å²) in [5.74, 6) is -1.40. The minimum atomic E-state index is -0.675. The summed E-state index contributed by atoms with van der Waals surface area (Å²) < 4.78 is 4.97. The fraction of sp³-hybridized carbons (Fsp3) is 0.500. The molecule has 1 saturated heterocycles. The lowest BCUT2D eigenvalue weighted by Gasteiger charge is -2.19. The maximum atomic E-state index is 12.0. The Kier molecular flexibility index (Phi) is 7.98. The van der Waals surface area contributed by atoms with Crippen molar-refractivity contribution in [1.29, 1.82) is 0 Å². The second-order valence-corrected chi connectivity index (χ2v) is 6.71. The molecule has 1 heterocycles. The maximum Gasteiger partial charge on any atom is 0.326 e. The van der Waals surface area contributed by atoms with Crippen LogP contribution in [-0.4, -0.2) is 54.2 Å². The lowest BCUT2D eigenvalue weighted by atomic mass is 10.0. The number of ketones is 1. The van der Waals surface area contributed by atoms with E-state index in [-0.39, 0.29) is 18.2 Å². The van der Waals surface area contributed by atoms with E-state index in [4.69, 9.17) is 4.74 Å². The van der Waals surface area contributed by atoms with Gasteiger partial charge in [-0.1, -0.05) is 36.8 Å². The molecule has 7 nitrogen and oxygen atoms in total. The molecule has 0 bridgehead atoms. The highest BCUT2D eigenvalue weighted by Gasteiger charge is 2.22. The van der Waals surface area contributed by atoms with Gasteiger partial charge in [0.25, 0.3) is 5.91 Å². The number of benzene rings is 1. The van der Waals surface area contributed by atoms with Gasteiger partial charge in [0.1, 0.15) is 6.54 Å². The number of Topliss-reactive ketones (excluding diaryl/α,β-unsaturated/α-hetero) is 1. The van der Waals surface area contributed by atoms with E-state index in [1.54, 1.807) is 0 Å². The largest absolute Gasteiger partial charge is 0.454 e. The smallest absolute Gasteiger partial charge is 0.326 e. The Labute approximate surface area is 159 Å². The molecule has 27 heavy (non-hydrogen) atoms. The normalized spacial score (nSPS) is 15.6. The molecule has 0 saturated carbocycles. The highest BCUT2D eigenvalue weighted by molar-refractivity contribution is 5.89. The molecule has 0 unspecified atom stereocenters. The summed E-state index contributed by atoms with van der Waals surface area (Å²) >= 11 is 0. The summed E-state index contributed by atoms with van der Waals surface area (Å²) in [4.78, 5) is 49.1. The van der Waals surface area contributed by atoms with Crippen molar-refractivity contribution < 1.29 is 23.9 Å². The lowest BCUT2D eigenvalue weighted by Crippen LogP contribution is -2.44. The fourth-order valence-corrected chi connectivity index (χ4v) is 2.94. The number of rotatable bonds is 8. The van der Waals surface area contributed by atoms with E-state index >= 15 is 0 Å². The van der Waals surface area contributed by atoms with Crippen molar-refractivity contribution in [2.24, 2.45) is 0 Å². The molecule has 0 aliphatic carbocycles. The quantitative estimate of drug-likeness (QED) is 0.691. The van der Waals surface area contributed by atoms with Crippen LogP contribution >= 0.6 is 0 Å². The maximum absolute atomic E-state index is 12.0. The van der Waals surface area contributed by atoms with Crippen LogP contribution in [0.2, 0.25) is 0 Å². The van der Waals surface area contributed by atoms with Crippen molar-refractivity contribution in [2.75, 3.05) is 19.7 Å². The third-order valence-corrected chi connectivity index (χ3v) is 4.46. The number of esters is 1. The Bertz CT molecular complexity index is 674. The van der Waals surface area contributed by atoms with Gasteiger partial charge in [-0.15, -0.1) is 0 Å². The van der Waals surface area contributed by atoms with Gasteiger partial charge in [-0.25, -0.2) is 0 Å². The van der Waals surface area contributed by atoms with Gasteiger partial charge in [0.05, 0.1) is 6.04 Å². The SMILES string of the molecule is CC(=O)[C@@H](Cc1ccccc1)NC(=O)COC(=O)CN1CCCCCC1=O. The number of ether oxygens (including phenoxy) is 1. The average molecular weight is 374 g/mol. The number of nitrogens with one attached hydrogen (secondary N) is 1. The standard InChI is InChI=1S/C20H26N2O5/c1-15(23)17(12-16-8-4-2-5-9-16)21-18(24)14-27-20(26)13-22-11-7-3-6-10-19(22)25/h2,4-5,8-9,17H,3,6-7,10-14H2,1H3,(H,21,24)/t17-/m1/s1. The van der Waals surface area contributed by atoms with Crippen LogP contribution < -0.4 is 5.32 Å². The average Bonchev–Trinajstić information content (AvgIpc) is 2.85. The van der Waals surface area contributed by atoms with Crippen LogP contribution in [0.5, 0.6) is 0 Å². The van der Waals surface area contributed by atoms with Crippen LogP contribution in [0.4, 0.5) is 0 Å². The third kappa shape index (κ3) is 7.21. The molecular weight excluding hydrogens is 348 g/mol. The molecule has 146 valence electrons. The van der Waals surface area contributed by atoms with Crippen LogP contribution in [-0.2, 0) is 30.3 Å². The van der Waals surface area contributed by atoms with Crippen molar-refractivity contribution in [3.05, 3.63) is 35.9 Å². The molecule has 1 fully saturated rings. The minimum absolute atomic E-state index is 0.0617. The Balaban J connectivity index is 1.78. The van der Waals surface area contributed by atoms with Crippen LogP contribution in [0.15, 0.2) is 30.3 Å². The zero-order chi connectivity index (χ0) is 19.6. The Hall–Kier alpha value is -2.70. The molecule has 2 rings (SSSR count). The number of likely N-dealkylation sites (tertiary alicyclic amines) is 1. The molecule has 1 aromatic rings. The van der Waals surface area contributed by atoms with Gasteiger partial charge in [0.15, 0.2) is 12.4 Å². The number of carbonyl (C=O) groups excluding carboxylic acids is 4. The van der Waals surface area contributed by atoms with E-state index in [1.165, 1.54) is 11.8 Å². The first kappa shape index (κ1) is 20.6. The molecular formula is C20H26N2O5. The topological polar surface area (TPSA) is 92.8 Å². The van der Waals surface area contributed by atoms with E-state index in [2.05, 4.69) is 5.32 Å². The summed E-state index contributed by atoms with van der Waals surface area (Å²) in [6, 6.07) is 8.67. The van der Waals surface area contributed by atoms with Crippen LogP contribution in [0.3, 0.4) is 0 Å². The van der Waals surface area contributed by atoms with Gasteiger partial charge in [-0.05, 0) is 31.7 Å². The number of hydrogen-bond acceptors (Lipinski definition) is 5. The number of nitrogens with zero attached hydrogens (tertiary/aromatic N) is 1. The summed E-state index contributed by atoms with van der Waals surface area (Å²) in [7, 11) is 0. The summed E-state index contributed by atoms with van der Waals surface area (Å²) in [6.45, 7) is 1.32. The minimum Gasteiger partial charge on any atom is -0.454 e. The highest BCUT2D eigenvalue weighted by atomic mass is 16.5. The van der Waals surface area contributed by atoms with Gasteiger partial charge in [-0.2, -0.15) is 0 Å². The van der Waals surface area contributed by atoms with E-state index in [1.807, 2.05) is 30.3 Å². The second-order valence-electron chi connectivity index (χ2n) is 6.71. The van der Waals surface area contributed by atoms with Crippen molar-refractivity contribution in [3.63, 3.8) is 0 Å². The fourth-order valence-electron chi connectivity index (χ4n) is 2.94. The molecule has 1 aliphatic heterocycles. The first-order valence-electron chi connectivity index (χ1n) is 9.23. The molecule has 0 radical (unpaired) electrons. The highest BCUT2D eigenvalue weighted by Crippen LogP contribution is 2.11. The van der Waals surface area contributed by atoms with Crippen LogP contribution in [0, 0.1) is 0 Å². The second kappa shape index (κ2) is 10.4. The molecule has 2 amide bonds. The number of hydrogen-bond donors (Lipinski definition) is 1. The van der Waals surface area contributed by atoms with Crippen molar-refractivity contribution in [3.8, 4) is 0 Å². The van der Waals surface area contributed by atoms with Crippen molar-refractivity contribution in [2.45, 2.75) is 45.1 Å². The summed E-state index contributed by atoms with van der Waals surface area (Å²) in [5.41, 5.74) is 0.926. The molecule has 7 heteroatoms. The van der Waals surface area contributed by atoms with Gasteiger partial charge in [0.2, 0.25) is 5.91 Å². The van der Waals surface area contributed by atoms with Crippen LogP contribution in [0.1, 0.15) is 38.2 Å². The van der Waals surface area contributed by atoms with E-state index in [0.717, 1.165) is 24.8 Å². The third-order valence-electron chi connectivity index (χ3n) is 4.46. The molecule has 0 aromatic heterocycles. The summed E-state index contributed by atoms with van der Waals surface area (Å²) in [6.07, 6.45) is 3.47. The summed E-state index contributed by atoms with van der Waals surface area (Å²) in [5, 5.41) is 2.60. The van der Waals surface area contributed by atoms with E-state index < -0.39 is 24.5 Å². The van der Waals surface area contributed by atoms with Gasteiger partial charge < -0.3 is 15.0 Å². The monoisotopic (exact) mass is 374 g/mol. The Morgan fingerprint density at radius 2 is 1.89 bits per heavy atom. The van der Waals surface area contributed by atoms with Crippen molar-refractivity contribution in [1.82, 2.24) is 10.2 Å². The van der Waals surface area contributed by atoms with Crippen LogP contribution in [0.25, 0.3) is 0 Å². The Morgan fingerprint density at radius 3 is 2.59 bits per heavy atom. The molecule has 1 atom stereocenters. The first-order valence-corrected chi connectivity index (χ1v) is 9.23. The lowest BCUT2D eigenvalue weighted by molar-refractivity contribution is -0.152. The Morgan fingerprint density at radius 1 is 1.15 bits per heavy atom. The zero-order valence-electron chi connectivity index (χ0n) is 15.6. The van der Waals surface area contributed by atoms with E-state index in [0.29, 0.717) is 19.4 Å². The van der Waals surface area contributed by atoms with E-state index in [9.17, 15) is 19.2 Å². The molecule has 1 aliphatic rings. The molecule has 1 N–H and O–H groups in total. The van der Waals surface area contributed by atoms with Gasteiger partial charge in [0, 0.05) is 13.0 Å². The number of carbonyl (C=O) groups is 4. The first-order chi connectivity index (χ1) is 13.0. The zero-order valence-corrected chi connectivity index (χ0v) is 15.6. The van der Waals surface area contributed by atoms with Gasteiger partial charge >= 0.3 is 5.97 Å². The molecule has 0 spiro atoms. The predicted octanol–water partition coefficient (Wildman–Crippen LogP) is 1.25. The number of amides is 2. The van der Waals surface area contributed by atoms with Gasteiger partial charge in [-0.3, -0.25) is 19.2 Å². The predicted molar refractivity (Wildman–Crippen MR) is 98.8 cm³/mol. The molecule has 1 aromatic carbocycles.